The monoisotopic (exact) mass is 1270 g/mol. The molecule has 6 heteroatoms. The third kappa shape index (κ3) is 75.4. The highest BCUT2D eigenvalue weighted by Crippen LogP contribution is 2.20. The molecule has 0 radical (unpaired) electrons. The summed E-state index contributed by atoms with van der Waals surface area (Å²) in [4.78, 5) is 24.7. The molecule has 90 heavy (non-hydrogen) atoms. The van der Waals surface area contributed by atoms with Crippen LogP contribution in [0.3, 0.4) is 0 Å². The van der Waals surface area contributed by atoms with Gasteiger partial charge in [-0.25, -0.2) is 0 Å². The van der Waals surface area contributed by atoms with Crippen LogP contribution in [0.5, 0.6) is 0 Å². The van der Waals surface area contributed by atoms with Gasteiger partial charge in [0, 0.05) is 12.8 Å². The number of ether oxygens (including phenoxy) is 1. The zero-order chi connectivity index (χ0) is 64.9. The maximum atomic E-state index is 12.6. The molecule has 0 rings (SSSR count). The fraction of sp³-hybridized carbons (Fsp3) is 0.929. The fourth-order valence-corrected chi connectivity index (χ4v) is 13.4. The SMILES string of the molecule is CCCCCCCCCCCCCCCCCCCCCCCC/C=C/C(O)C(CO)NC(=O)CCCCCCCCCCCCCCCCC/C=C\CCCCCCCCCCCCCCOC(=O)CCCCCCCCCCCCCCCCCCCC. The van der Waals surface area contributed by atoms with Gasteiger partial charge in [0.15, 0.2) is 0 Å². The molecule has 0 spiro atoms. The molecular formula is C84H163NO5. The van der Waals surface area contributed by atoms with Crippen LogP contribution in [0.4, 0.5) is 0 Å². The van der Waals surface area contributed by atoms with Gasteiger partial charge in [0.2, 0.25) is 5.91 Å². The second kappa shape index (κ2) is 79.8. The summed E-state index contributed by atoms with van der Waals surface area (Å²) in [5, 5.41) is 23.3. The van der Waals surface area contributed by atoms with Crippen LogP contribution in [0.1, 0.15) is 476 Å². The van der Waals surface area contributed by atoms with Gasteiger partial charge < -0.3 is 20.3 Å². The van der Waals surface area contributed by atoms with Gasteiger partial charge in [0.25, 0.3) is 0 Å². The Balaban J connectivity index is 3.37. The highest BCUT2D eigenvalue weighted by atomic mass is 16.5. The van der Waals surface area contributed by atoms with Crippen molar-refractivity contribution >= 4 is 11.9 Å². The summed E-state index contributed by atoms with van der Waals surface area (Å²) in [6.07, 6.45) is 103. The summed E-state index contributed by atoms with van der Waals surface area (Å²) in [6.45, 7) is 4.97. The first-order valence-electron chi connectivity index (χ1n) is 41.6. The van der Waals surface area contributed by atoms with Crippen LogP contribution in [-0.2, 0) is 14.3 Å². The molecule has 2 unspecified atom stereocenters. The molecule has 0 bridgehead atoms. The number of esters is 1. The lowest BCUT2D eigenvalue weighted by Gasteiger charge is -2.20. The first kappa shape index (κ1) is 88.3. The standard InChI is InChI=1S/C84H163NO5/c1-3-5-7-9-11-13-15-17-19-21-23-24-25-35-38-41-44-48-52-56-60-64-68-72-76-82(87)81(80-86)85-83(88)77-73-69-65-61-57-53-49-45-42-39-36-33-31-29-27-26-28-30-32-34-37-40-43-47-51-55-59-63-67-71-75-79-90-84(89)78-74-70-66-62-58-54-50-46-22-20-18-16-14-12-10-8-6-4-2/h28,30,72,76,81-82,86-87H,3-27,29,31-71,73-75,77-80H2,1-2H3,(H,85,88)/b30-28-,76-72+. The van der Waals surface area contributed by atoms with E-state index in [0.717, 1.165) is 38.5 Å². The number of aliphatic hydroxyl groups excluding tert-OH is 2. The molecule has 0 aromatic carbocycles. The van der Waals surface area contributed by atoms with Gasteiger partial charge in [-0.15, -0.1) is 0 Å². The van der Waals surface area contributed by atoms with E-state index in [-0.39, 0.29) is 18.5 Å². The van der Waals surface area contributed by atoms with Gasteiger partial charge in [-0.3, -0.25) is 9.59 Å². The second-order valence-corrected chi connectivity index (χ2v) is 28.8. The van der Waals surface area contributed by atoms with Crippen molar-refractivity contribution in [3.05, 3.63) is 24.3 Å². The third-order valence-corrected chi connectivity index (χ3v) is 19.7. The van der Waals surface area contributed by atoms with E-state index < -0.39 is 12.1 Å². The first-order valence-corrected chi connectivity index (χ1v) is 41.6. The van der Waals surface area contributed by atoms with Gasteiger partial charge in [0.1, 0.15) is 0 Å². The van der Waals surface area contributed by atoms with Crippen LogP contribution in [0.2, 0.25) is 0 Å². The average Bonchev–Trinajstić information content (AvgIpc) is 3.71. The minimum absolute atomic E-state index is 0.0230. The van der Waals surface area contributed by atoms with Crippen LogP contribution in [0, 0.1) is 0 Å². The molecule has 0 saturated heterocycles. The lowest BCUT2D eigenvalue weighted by atomic mass is 10.0. The lowest BCUT2D eigenvalue weighted by molar-refractivity contribution is -0.143. The zero-order valence-corrected chi connectivity index (χ0v) is 61.4. The average molecular weight is 1270 g/mol. The van der Waals surface area contributed by atoms with Crippen LogP contribution in [0.25, 0.3) is 0 Å². The topological polar surface area (TPSA) is 95.9 Å². The fourth-order valence-electron chi connectivity index (χ4n) is 13.4. The molecule has 0 saturated carbocycles. The van der Waals surface area contributed by atoms with Crippen LogP contribution < -0.4 is 5.32 Å². The number of hydrogen-bond donors (Lipinski definition) is 3. The summed E-state index contributed by atoms with van der Waals surface area (Å²) < 4.78 is 5.52. The largest absolute Gasteiger partial charge is 0.466 e. The van der Waals surface area contributed by atoms with E-state index in [1.54, 1.807) is 6.08 Å². The Labute approximate surface area is 564 Å². The molecule has 0 aliphatic carbocycles. The molecule has 2 atom stereocenters. The number of carbonyl (C=O) groups excluding carboxylic acids is 2. The summed E-state index contributed by atoms with van der Waals surface area (Å²) in [5.74, 6) is -0.0373. The maximum Gasteiger partial charge on any atom is 0.305 e. The predicted molar refractivity (Wildman–Crippen MR) is 398 cm³/mol. The van der Waals surface area contributed by atoms with E-state index in [1.807, 2.05) is 6.08 Å². The van der Waals surface area contributed by atoms with E-state index in [0.29, 0.717) is 19.4 Å². The summed E-state index contributed by atoms with van der Waals surface area (Å²) in [7, 11) is 0. The van der Waals surface area contributed by atoms with Crippen LogP contribution in [-0.4, -0.2) is 47.4 Å². The second-order valence-electron chi connectivity index (χ2n) is 28.8. The van der Waals surface area contributed by atoms with Crippen molar-refractivity contribution in [2.75, 3.05) is 13.2 Å². The molecule has 3 N–H and O–H groups in total. The predicted octanol–water partition coefficient (Wildman–Crippen LogP) is 27.6. The summed E-state index contributed by atoms with van der Waals surface area (Å²) in [6, 6.07) is -0.628. The lowest BCUT2D eigenvalue weighted by Crippen LogP contribution is -2.45. The Hall–Kier alpha value is -1.66. The number of hydrogen-bond acceptors (Lipinski definition) is 5. The third-order valence-electron chi connectivity index (χ3n) is 19.7. The number of amides is 1. The molecule has 6 nitrogen and oxygen atoms in total. The van der Waals surface area contributed by atoms with Crippen LogP contribution >= 0.6 is 0 Å². The molecule has 0 heterocycles. The van der Waals surface area contributed by atoms with Crippen molar-refractivity contribution in [1.82, 2.24) is 5.32 Å². The Morgan fingerprint density at radius 3 is 0.789 bits per heavy atom. The quantitative estimate of drug-likeness (QED) is 0.0320. The molecule has 0 fully saturated rings. The number of nitrogens with one attached hydrogen (secondary N) is 1. The van der Waals surface area contributed by atoms with Crippen molar-refractivity contribution < 1.29 is 24.5 Å². The van der Waals surface area contributed by atoms with Gasteiger partial charge in [-0.05, 0) is 57.8 Å². The number of aliphatic hydroxyl groups is 2. The summed E-state index contributed by atoms with van der Waals surface area (Å²) in [5.41, 5.74) is 0. The van der Waals surface area contributed by atoms with Crippen molar-refractivity contribution in [1.29, 1.82) is 0 Å². The maximum absolute atomic E-state index is 12.6. The number of allylic oxidation sites excluding steroid dienone is 3. The van der Waals surface area contributed by atoms with E-state index in [1.165, 1.54) is 411 Å². The molecule has 0 aliphatic heterocycles. The van der Waals surface area contributed by atoms with Crippen LogP contribution in [0.15, 0.2) is 24.3 Å². The van der Waals surface area contributed by atoms with E-state index in [4.69, 9.17) is 4.74 Å². The minimum Gasteiger partial charge on any atom is -0.466 e. The number of carbonyl (C=O) groups is 2. The molecule has 1 amide bonds. The van der Waals surface area contributed by atoms with Crippen molar-refractivity contribution in [3.8, 4) is 0 Å². The van der Waals surface area contributed by atoms with Crippen molar-refractivity contribution in [2.24, 2.45) is 0 Å². The highest BCUT2D eigenvalue weighted by molar-refractivity contribution is 5.76. The van der Waals surface area contributed by atoms with E-state index in [2.05, 4.69) is 31.3 Å². The molecular weight excluding hydrogens is 1100 g/mol. The molecule has 0 aromatic heterocycles. The minimum atomic E-state index is -0.845. The van der Waals surface area contributed by atoms with Gasteiger partial charge >= 0.3 is 5.97 Å². The van der Waals surface area contributed by atoms with Gasteiger partial charge in [-0.2, -0.15) is 0 Å². The van der Waals surface area contributed by atoms with Gasteiger partial charge in [0.05, 0.1) is 25.4 Å². The highest BCUT2D eigenvalue weighted by Gasteiger charge is 2.18. The van der Waals surface area contributed by atoms with Gasteiger partial charge in [-0.1, -0.05) is 430 Å². The van der Waals surface area contributed by atoms with E-state index >= 15 is 0 Å². The molecule has 534 valence electrons. The van der Waals surface area contributed by atoms with Crippen molar-refractivity contribution in [3.63, 3.8) is 0 Å². The van der Waals surface area contributed by atoms with E-state index in [9.17, 15) is 19.8 Å². The molecule has 0 aliphatic rings. The Morgan fingerprint density at radius 2 is 0.522 bits per heavy atom. The van der Waals surface area contributed by atoms with Crippen molar-refractivity contribution in [2.45, 2.75) is 488 Å². The number of unbranched alkanes of at least 4 members (excludes halogenated alkanes) is 66. The Kier molecular flexibility index (Phi) is 78.3. The smallest absolute Gasteiger partial charge is 0.305 e. The summed E-state index contributed by atoms with van der Waals surface area (Å²) >= 11 is 0. The Bertz CT molecular complexity index is 1410. The Morgan fingerprint density at radius 1 is 0.300 bits per heavy atom. The first-order chi connectivity index (χ1) is 44.5. The number of rotatable bonds is 79. The normalized spacial score (nSPS) is 12.5. The zero-order valence-electron chi connectivity index (χ0n) is 61.4. The molecule has 0 aromatic rings.